The second-order valence-corrected chi connectivity index (χ2v) is 10.7. The molecular weight excluding hydrogens is 564 g/mol. The maximum atomic E-state index is 12.8. The van der Waals surface area contributed by atoms with Crippen LogP contribution in [-0.2, 0) is 15.1 Å². The highest BCUT2D eigenvalue weighted by Crippen LogP contribution is 2.45. The quantitative estimate of drug-likeness (QED) is 0.151. The van der Waals surface area contributed by atoms with Gasteiger partial charge in [0.05, 0.1) is 26.2 Å². The molecule has 1 aliphatic rings. The van der Waals surface area contributed by atoms with E-state index in [1.165, 1.54) is 13.1 Å². The molecule has 1 N–H and O–H groups in total. The van der Waals surface area contributed by atoms with Crippen molar-refractivity contribution in [3.05, 3.63) is 144 Å². The van der Waals surface area contributed by atoms with Crippen LogP contribution in [0, 0.1) is 28.4 Å². The number of methoxy groups -OCH3 is 1. The summed E-state index contributed by atoms with van der Waals surface area (Å²) in [4.78, 5) is 39.4. The smallest absolute Gasteiger partial charge is 0.330 e. The van der Waals surface area contributed by atoms with Gasteiger partial charge in [0, 0.05) is 29.5 Å². The first-order valence-electron chi connectivity index (χ1n) is 14.1. The number of nitro groups is 1. The summed E-state index contributed by atoms with van der Waals surface area (Å²) < 4.78 is 19.7. The van der Waals surface area contributed by atoms with Gasteiger partial charge in [-0.1, -0.05) is 72.8 Å². The monoisotopic (exact) mass is 596 g/mol. The molecular formula is C33H32N4O7. The molecule has 44 heavy (non-hydrogen) atoms. The predicted octanol–water partition coefficient (Wildman–Crippen LogP) is 4.47. The average molecular weight is 597 g/mol. The molecule has 1 aromatic heterocycles. The Morgan fingerprint density at radius 3 is 2.18 bits per heavy atom. The van der Waals surface area contributed by atoms with Crippen LogP contribution in [0.2, 0.25) is 0 Å². The lowest BCUT2D eigenvalue weighted by atomic mass is 9.79. The van der Waals surface area contributed by atoms with E-state index in [0.29, 0.717) is 5.75 Å². The van der Waals surface area contributed by atoms with E-state index in [-0.39, 0.29) is 31.4 Å². The molecule has 1 saturated heterocycles. The molecule has 0 radical (unpaired) electrons. The SMILES string of the molecule is COc1ccc(C(OC[C@H]2O[C@@H](n3cc(C)c(=O)[nH]c3=O)C[C@@]2(CCC#N)[N+](=O)[O-])(c2ccccc2)c2ccccc2)cc1. The van der Waals surface area contributed by atoms with Crippen molar-refractivity contribution < 1.29 is 19.1 Å². The molecule has 0 aliphatic carbocycles. The average Bonchev–Trinajstić information content (AvgIpc) is 3.43. The normalized spacial score (nSPS) is 19.8. The Kier molecular flexibility index (Phi) is 8.76. The minimum absolute atomic E-state index is 0.103. The van der Waals surface area contributed by atoms with Gasteiger partial charge >= 0.3 is 5.69 Å². The predicted molar refractivity (Wildman–Crippen MR) is 161 cm³/mol. The largest absolute Gasteiger partial charge is 0.497 e. The van der Waals surface area contributed by atoms with E-state index in [4.69, 9.17) is 14.2 Å². The summed E-state index contributed by atoms with van der Waals surface area (Å²) in [5.74, 6) is 0.649. The number of nitrogens with one attached hydrogen (secondary N) is 1. The van der Waals surface area contributed by atoms with Crippen molar-refractivity contribution in [1.29, 1.82) is 5.26 Å². The summed E-state index contributed by atoms with van der Waals surface area (Å²) in [6, 6.07) is 28.5. The molecule has 11 nitrogen and oxygen atoms in total. The molecule has 0 amide bonds. The number of nitriles is 1. The van der Waals surface area contributed by atoms with Crippen molar-refractivity contribution in [3.63, 3.8) is 0 Å². The van der Waals surface area contributed by atoms with Gasteiger partial charge in [-0.15, -0.1) is 0 Å². The van der Waals surface area contributed by atoms with Crippen molar-refractivity contribution in [1.82, 2.24) is 9.55 Å². The van der Waals surface area contributed by atoms with Crippen LogP contribution in [0.3, 0.4) is 0 Å². The van der Waals surface area contributed by atoms with E-state index < -0.39 is 39.6 Å². The van der Waals surface area contributed by atoms with Crippen LogP contribution in [0.5, 0.6) is 5.75 Å². The maximum Gasteiger partial charge on any atom is 0.330 e. The van der Waals surface area contributed by atoms with Crippen LogP contribution in [0.1, 0.15) is 47.7 Å². The molecule has 0 saturated carbocycles. The number of H-pyrrole nitrogens is 1. The van der Waals surface area contributed by atoms with Crippen molar-refractivity contribution in [2.24, 2.45) is 0 Å². The number of nitrogens with zero attached hydrogens (tertiary/aromatic N) is 3. The highest BCUT2D eigenvalue weighted by Gasteiger charge is 2.59. The van der Waals surface area contributed by atoms with Crippen molar-refractivity contribution in [3.8, 4) is 11.8 Å². The number of hydrogen-bond acceptors (Lipinski definition) is 8. The summed E-state index contributed by atoms with van der Waals surface area (Å²) in [5, 5.41) is 22.2. The molecule has 226 valence electrons. The molecule has 11 heteroatoms. The van der Waals surface area contributed by atoms with Gasteiger partial charge < -0.3 is 14.2 Å². The topological polar surface area (TPSA) is 149 Å². The molecule has 2 heterocycles. The van der Waals surface area contributed by atoms with Crippen LogP contribution in [-0.4, -0.2) is 39.8 Å². The molecule has 0 bridgehead atoms. The third kappa shape index (κ3) is 5.53. The van der Waals surface area contributed by atoms with Crippen LogP contribution in [0.25, 0.3) is 0 Å². The molecule has 3 aromatic carbocycles. The van der Waals surface area contributed by atoms with Crippen molar-refractivity contribution in [2.45, 2.75) is 49.7 Å². The van der Waals surface area contributed by atoms with E-state index in [9.17, 15) is 25.0 Å². The number of ether oxygens (including phenoxy) is 3. The Morgan fingerprint density at radius 2 is 1.64 bits per heavy atom. The standard InChI is InChI=1S/C33H32N4O7/c1-23-21-36(31(39)35-30(23)38)29-20-32(37(40)41,18-9-19-34)28(44-29)22-43-33(24-10-5-3-6-11-24,25-12-7-4-8-13-25)26-14-16-27(42-2)17-15-26/h3-8,10-17,21,28-29H,9,18,20,22H2,1-2H3,(H,35,38,39)/t28-,29-,32-/m1/s1. The zero-order valence-corrected chi connectivity index (χ0v) is 24.3. The molecule has 3 atom stereocenters. The summed E-state index contributed by atoms with van der Waals surface area (Å²) in [5.41, 5.74) is -1.70. The lowest BCUT2D eigenvalue weighted by Crippen LogP contribution is -2.49. The minimum Gasteiger partial charge on any atom is -0.497 e. The molecule has 5 rings (SSSR count). The Bertz CT molecular complexity index is 1730. The Hall–Kier alpha value is -5.05. The molecule has 0 unspecified atom stereocenters. The fourth-order valence-corrected chi connectivity index (χ4v) is 5.90. The van der Waals surface area contributed by atoms with Gasteiger partial charge in [0.1, 0.15) is 17.6 Å². The zero-order valence-electron chi connectivity index (χ0n) is 24.3. The number of benzene rings is 3. The van der Waals surface area contributed by atoms with E-state index >= 15 is 0 Å². The van der Waals surface area contributed by atoms with Crippen LogP contribution in [0.15, 0.2) is 101 Å². The minimum atomic E-state index is -1.75. The van der Waals surface area contributed by atoms with E-state index in [1.807, 2.05) is 91.0 Å². The van der Waals surface area contributed by atoms with E-state index in [2.05, 4.69) is 4.98 Å². The number of rotatable bonds is 11. The lowest BCUT2D eigenvalue weighted by molar-refractivity contribution is -0.577. The second-order valence-electron chi connectivity index (χ2n) is 10.7. The van der Waals surface area contributed by atoms with Crippen LogP contribution >= 0.6 is 0 Å². The molecule has 1 fully saturated rings. The first-order valence-corrected chi connectivity index (χ1v) is 14.1. The Morgan fingerprint density at radius 1 is 1.05 bits per heavy atom. The van der Waals surface area contributed by atoms with Crippen LogP contribution < -0.4 is 16.0 Å². The van der Waals surface area contributed by atoms with Gasteiger partial charge in [-0.3, -0.25) is 24.5 Å². The number of hydrogen-bond donors (Lipinski definition) is 1. The molecule has 4 aromatic rings. The highest BCUT2D eigenvalue weighted by molar-refractivity contribution is 5.48. The first-order chi connectivity index (χ1) is 21.2. The fourth-order valence-electron chi connectivity index (χ4n) is 5.90. The Balaban J connectivity index is 1.63. The third-order valence-corrected chi connectivity index (χ3v) is 8.25. The lowest BCUT2D eigenvalue weighted by Gasteiger charge is -2.37. The van der Waals surface area contributed by atoms with Gasteiger partial charge in [-0.2, -0.15) is 5.26 Å². The second kappa shape index (κ2) is 12.7. The van der Waals surface area contributed by atoms with Gasteiger partial charge in [0.25, 0.3) is 11.1 Å². The number of aryl methyl sites for hydroxylation is 1. The summed E-state index contributed by atoms with van der Waals surface area (Å²) >= 11 is 0. The zero-order chi connectivity index (χ0) is 31.3. The van der Waals surface area contributed by atoms with Gasteiger partial charge in [-0.25, -0.2) is 4.79 Å². The summed E-state index contributed by atoms with van der Waals surface area (Å²) in [6.45, 7) is 1.28. The fraction of sp³-hybridized carbons (Fsp3) is 0.303. The molecule has 0 spiro atoms. The van der Waals surface area contributed by atoms with E-state index in [1.54, 1.807) is 7.11 Å². The van der Waals surface area contributed by atoms with Crippen molar-refractivity contribution in [2.75, 3.05) is 13.7 Å². The summed E-state index contributed by atoms with van der Waals surface area (Å²) in [6.07, 6.45) is -1.31. The Labute approximate surface area is 253 Å². The number of aromatic amines is 1. The maximum absolute atomic E-state index is 12.8. The van der Waals surface area contributed by atoms with E-state index in [0.717, 1.165) is 21.3 Å². The summed E-state index contributed by atoms with van der Waals surface area (Å²) in [7, 11) is 1.58. The number of aromatic nitrogens is 2. The van der Waals surface area contributed by atoms with Gasteiger partial charge in [0.15, 0.2) is 6.10 Å². The van der Waals surface area contributed by atoms with Crippen molar-refractivity contribution >= 4 is 0 Å². The van der Waals surface area contributed by atoms with Gasteiger partial charge in [-0.05, 0) is 35.7 Å². The first kappa shape index (κ1) is 30.4. The third-order valence-electron chi connectivity index (χ3n) is 8.25. The molecule has 1 aliphatic heterocycles. The highest BCUT2D eigenvalue weighted by atomic mass is 16.6. The van der Waals surface area contributed by atoms with Crippen LogP contribution in [0.4, 0.5) is 0 Å². The van der Waals surface area contributed by atoms with Gasteiger partial charge in [0.2, 0.25) is 0 Å².